The highest BCUT2D eigenvalue weighted by atomic mass is 16.5. The molecule has 3 rings (SSSR count). The summed E-state index contributed by atoms with van der Waals surface area (Å²) in [6, 6.07) is 0. The van der Waals surface area contributed by atoms with E-state index in [0.29, 0.717) is 36.7 Å². The van der Waals surface area contributed by atoms with E-state index < -0.39 is 5.69 Å². The summed E-state index contributed by atoms with van der Waals surface area (Å²) in [4.78, 5) is 47.2. The van der Waals surface area contributed by atoms with Gasteiger partial charge in [-0.1, -0.05) is 6.92 Å². The molecule has 0 spiro atoms. The molecule has 1 aliphatic rings. The monoisotopic (exact) mass is 364 g/mol. The van der Waals surface area contributed by atoms with Crippen molar-refractivity contribution in [1.82, 2.24) is 24.0 Å². The van der Waals surface area contributed by atoms with Gasteiger partial charge in [0.25, 0.3) is 5.56 Å². The van der Waals surface area contributed by atoms with E-state index >= 15 is 0 Å². The number of aromatic nitrogens is 4. The number of aromatic amines is 1. The van der Waals surface area contributed by atoms with Gasteiger partial charge in [-0.25, -0.2) is 4.79 Å². The Balaban J connectivity index is 1.68. The first-order valence-electron chi connectivity index (χ1n) is 8.71. The molecule has 2 aromatic heterocycles. The van der Waals surface area contributed by atoms with Crippen molar-refractivity contribution in [2.75, 3.05) is 44.2 Å². The van der Waals surface area contributed by atoms with E-state index in [1.165, 1.54) is 11.6 Å². The molecule has 0 atom stereocenters. The van der Waals surface area contributed by atoms with Crippen LogP contribution in [-0.2, 0) is 23.6 Å². The largest absolute Gasteiger partial charge is 0.464 e. The Labute approximate surface area is 150 Å². The van der Waals surface area contributed by atoms with Crippen LogP contribution in [0.2, 0.25) is 0 Å². The van der Waals surface area contributed by atoms with E-state index in [2.05, 4.69) is 19.8 Å². The zero-order valence-electron chi connectivity index (χ0n) is 15.3. The number of ether oxygens (including phenoxy) is 1. The van der Waals surface area contributed by atoms with Gasteiger partial charge in [0.05, 0.1) is 0 Å². The summed E-state index contributed by atoms with van der Waals surface area (Å²) in [6.45, 7) is 5.95. The van der Waals surface area contributed by atoms with Gasteiger partial charge >= 0.3 is 11.7 Å². The molecule has 0 aromatic carbocycles. The van der Waals surface area contributed by atoms with Gasteiger partial charge in [-0.3, -0.25) is 23.6 Å². The normalized spacial score (nSPS) is 15.6. The van der Waals surface area contributed by atoms with Crippen molar-refractivity contribution < 1.29 is 9.53 Å². The lowest BCUT2D eigenvalue weighted by Crippen LogP contribution is -2.47. The van der Waals surface area contributed by atoms with Crippen LogP contribution in [0.5, 0.6) is 0 Å². The van der Waals surface area contributed by atoms with E-state index in [0.717, 1.165) is 30.7 Å². The van der Waals surface area contributed by atoms with Gasteiger partial charge < -0.3 is 14.6 Å². The number of nitrogens with zero attached hydrogens (tertiary/aromatic N) is 5. The molecular weight excluding hydrogens is 340 g/mol. The minimum absolute atomic E-state index is 0.182. The maximum atomic E-state index is 12.3. The molecule has 1 saturated heterocycles. The Kier molecular flexibility index (Phi) is 5.12. The standard InChI is InChI=1S/C16H24N6O4/c1-4-11(23)26-10-9-21-5-7-22(8-6-21)15-17-12-13(18-15)19(2)16(25)20(3)14(12)24/h4-10H2,1-3H3,(H,17,18). The summed E-state index contributed by atoms with van der Waals surface area (Å²) >= 11 is 0. The first-order chi connectivity index (χ1) is 12.4. The SMILES string of the molecule is CCC(=O)OCCN1CCN(c2nc3c([nH]2)c(=O)n(C)c(=O)n3C)CC1. The third kappa shape index (κ3) is 3.36. The van der Waals surface area contributed by atoms with Crippen molar-refractivity contribution in [3.8, 4) is 0 Å². The summed E-state index contributed by atoms with van der Waals surface area (Å²) in [6.07, 6.45) is 0.391. The Hall–Kier alpha value is -2.62. The summed E-state index contributed by atoms with van der Waals surface area (Å²) in [7, 11) is 3.05. The smallest absolute Gasteiger partial charge is 0.332 e. The van der Waals surface area contributed by atoms with Crippen molar-refractivity contribution in [2.45, 2.75) is 13.3 Å². The molecule has 0 saturated carbocycles. The predicted molar refractivity (Wildman–Crippen MR) is 96.5 cm³/mol. The van der Waals surface area contributed by atoms with E-state index in [-0.39, 0.29) is 11.5 Å². The fourth-order valence-electron chi connectivity index (χ4n) is 3.04. The fraction of sp³-hybridized carbons (Fsp3) is 0.625. The highest BCUT2D eigenvalue weighted by molar-refractivity contribution is 5.73. The van der Waals surface area contributed by atoms with Crippen molar-refractivity contribution >= 4 is 23.1 Å². The molecule has 1 aliphatic heterocycles. The Bertz CT molecular complexity index is 919. The summed E-state index contributed by atoms with van der Waals surface area (Å²) in [5.74, 6) is 0.411. The molecule has 10 heteroatoms. The lowest BCUT2D eigenvalue weighted by atomic mass is 10.3. The first-order valence-corrected chi connectivity index (χ1v) is 8.71. The number of piperazine rings is 1. The van der Waals surface area contributed by atoms with Crippen LogP contribution in [0.4, 0.5) is 5.95 Å². The number of nitrogens with one attached hydrogen (secondary N) is 1. The summed E-state index contributed by atoms with van der Waals surface area (Å²) in [5, 5.41) is 0. The molecule has 0 bridgehead atoms. The maximum absolute atomic E-state index is 12.3. The Morgan fingerprint density at radius 3 is 2.50 bits per heavy atom. The topological polar surface area (TPSA) is 105 Å². The number of H-pyrrole nitrogens is 1. The Morgan fingerprint density at radius 2 is 1.85 bits per heavy atom. The molecule has 1 N–H and O–H groups in total. The number of anilines is 1. The van der Waals surface area contributed by atoms with Crippen molar-refractivity contribution in [3.63, 3.8) is 0 Å². The molecule has 0 radical (unpaired) electrons. The number of carbonyl (C=O) groups is 1. The summed E-state index contributed by atoms with van der Waals surface area (Å²) in [5.41, 5.74) is -0.0780. The van der Waals surface area contributed by atoms with Crippen LogP contribution in [0.3, 0.4) is 0 Å². The minimum atomic E-state index is -0.396. The number of esters is 1. The molecule has 142 valence electrons. The van der Waals surface area contributed by atoms with Gasteiger partial charge in [0.15, 0.2) is 11.2 Å². The van der Waals surface area contributed by atoms with Crippen LogP contribution in [0.25, 0.3) is 11.2 Å². The molecule has 1 fully saturated rings. The predicted octanol–water partition coefficient (Wildman–Crippen LogP) is -0.964. The van der Waals surface area contributed by atoms with Crippen molar-refractivity contribution in [2.24, 2.45) is 14.1 Å². The van der Waals surface area contributed by atoms with Crippen molar-refractivity contribution in [3.05, 3.63) is 20.8 Å². The summed E-state index contributed by atoms with van der Waals surface area (Å²) < 4.78 is 7.55. The Morgan fingerprint density at radius 1 is 1.15 bits per heavy atom. The second-order valence-corrected chi connectivity index (χ2v) is 6.37. The average molecular weight is 364 g/mol. The van der Waals surface area contributed by atoms with Gasteiger partial charge in [0, 0.05) is 53.2 Å². The van der Waals surface area contributed by atoms with Gasteiger partial charge in [-0.2, -0.15) is 4.98 Å². The lowest BCUT2D eigenvalue weighted by Gasteiger charge is -2.34. The second-order valence-electron chi connectivity index (χ2n) is 6.37. The van der Waals surface area contributed by atoms with Crippen LogP contribution >= 0.6 is 0 Å². The lowest BCUT2D eigenvalue weighted by molar-refractivity contribution is -0.143. The molecule has 26 heavy (non-hydrogen) atoms. The third-order valence-corrected chi connectivity index (χ3v) is 4.71. The van der Waals surface area contributed by atoms with Crippen LogP contribution in [0, 0.1) is 0 Å². The minimum Gasteiger partial charge on any atom is -0.464 e. The molecule has 0 unspecified atom stereocenters. The molecule has 10 nitrogen and oxygen atoms in total. The number of hydrogen-bond donors (Lipinski definition) is 1. The molecule has 3 heterocycles. The van der Waals surface area contributed by atoms with Crippen LogP contribution in [-0.4, -0.2) is 69.3 Å². The number of carbonyl (C=O) groups excluding carboxylic acids is 1. The fourth-order valence-corrected chi connectivity index (χ4v) is 3.04. The van der Waals surface area contributed by atoms with E-state index in [1.54, 1.807) is 14.0 Å². The first kappa shape index (κ1) is 18.2. The number of imidazole rings is 1. The second kappa shape index (κ2) is 7.32. The van der Waals surface area contributed by atoms with Gasteiger partial charge in [-0.05, 0) is 0 Å². The highest BCUT2D eigenvalue weighted by Gasteiger charge is 2.21. The quantitative estimate of drug-likeness (QED) is 0.681. The van der Waals surface area contributed by atoms with Gasteiger partial charge in [0.1, 0.15) is 6.61 Å². The van der Waals surface area contributed by atoms with Crippen LogP contribution < -0.4 is 16.1 Å². The van der Waals surface area contributed by atoms with Gasteiger partial charge in [-0.15, -0.1) is 0 Å². The average Bonchev–Trinajstić information content (AvgIpc) is 3.10. The highest BCUT2D eigenvalue weighted by Crippen LogP contribution is 2.15. The van der Waals surface area contributed by atoms with E-state index in [9.17, 15) is 14.4 Å². The van der Waals surface area contributed by atoms with Crippen LogP contribution in [0.15, 0.2) is 9.59 Å². The van der Waals surface area contributed by atoms with Crippen molar-refractivity contribution in [1.29, 1.82) is 0 Å². The van der Waals surface area contributed by atoms with Gasteiger partial charge in [0.2, 0.25) is 5.95 Å². The number of hydrogen-bond acceptors (Lipinski definition) is 7. The number of aryl methyl sites for hydroxylation is 1. The van der Waals surface area contributed by atoms with E-state index in [4.69, 9.17) is 4.74 Å². The molecular formula is C16H24N6O4. The zero-order valence-corrected chi connectivity index (χ0v) is 15.3. The zero-order chi connectivity index (χ0) is 18.8. The maximum Gasteiger partial charge on any atom is 0.332 e. The van der Waals surface area contributed by atoms with E-state index in [1.807, 2.05) is 0 Å². The van der Waals surface area contributed by atoms with Crippen LogP contribution in [0.1, 0.15) is 13.3 Å². The third-order valence-electron chi connectivity index (χ3n) is 4.71. The number of fused-ring (bicyclic) bond motifs is 1. The molecule has 0 aliphatic carbocycles. The molecule has 2 aromatic rings. The number of rotatable bonds is 5. The molecule has 0 amide bonds.